The summed E-state index contributed by atoms with van der Waals surface area (Å²) in [6.07, 6.45) is 9.58. The Kier molecular flexibility index (Phi) is 10.5. The van der Waals surface area contributed by atoms with Crippen molar-refractivity contribution < 1.29 is 33.4 Å². The van der Waals surface area contributed by atoms with Crippen LogP contribution in [-0.2, 0) is 25.5 Å². The van der Waals surface area contributed by atoms with Crippen molar-refractivity contribution in [3.63, 3.8) is 0 Å². The molecule has 0 spiro atoms. The number of rotatable bonds is 9. The zero-order valence-electron chi connectivity index (χ0n) is 29.1. The van der Waals surface area contributed by atoms with E-state index in [1.807, 2.05) is 31.2 Å². The van der Waals surface area contributed by atoms with Gasteiger partial charge in [0.25, 0.3) is 11.8 Å². The Hall–Kier alpha value is -5.86. The van der Waals surface area contributed by atoms with Gasteiger partial charge in [-0.1, -0.05) is 18.2 Å². The molecule has 3 aliphatic heterocycles. The molecule has 1 saturated heterocycles. The number of aliphatic imine (C=N–C) groups is 1. The van der Waals surface area contributed by atoms with Crippen LogP contribution in [0.3, 0.4) is 0 Å². The molecule has 1 aliphatic carbocycles. The topological polar surface area (TPSA) is 215 Å². The molecule has 1 aromatic heterocycles. The van der Waals surface area contributed by atoms with Crippen molar-refractivity contribution in [3.05, 3.63) is 94.2 Å². The number of carbonyl (C=O) groups is 4. The maximum atomic E-state index is 13.2. The van der Waals surface area contributed by atoms with Crippen LogP contribution < -0.4 is 27.3 Å². The molecule has 0 radical (unpaired) electrons. The Balaban J connectivity index is 0.000000200. The molecule has 4 heterocycles. The van der Waals surface area contributed by atoms with Crippen molar-refractivity contribution in [3.8, 4) is 5.75 Å². The van der Waals surface area contributed by atoms with Crippen LogP contribution in [-0.4, -0.2) is 92.4 Å². The fraction of sp³-hybridized carbons (Fsp3) is 0.316. The lowest BCUT2D eigenvalue weighted by Crippen LogP contribution is -2.40. The first kappa shape index (κ1) is 35.9. The number of anilines is 2. The Morgan fingerprint density at radius 3 is 2.56 bits per heavy atom. The number of benzene rings is 2. The highest BCUT2D eigenvalue weighted by atomic mass is 16.5. The number of nitrogens with zero attached hydrogens (tertiary/aromatic N) is 3. The van der Waals surface area contributed by atoms with Crippen molar-refractivity contribution in [2.75, 3.05) is 58.5 Å². The number of hydrogen-bond acceptors (Lipinski definition) is 10. The second-order valence-corrected chi connectivity index (χ2v) is 12.8. The van der Waals surface area contributed by atoms with E-state index in [0.717, 1.165) is 34.7 Å². The smallest absolute Gasteiger partial charge is 0.254 e. The molecule has 7 rings (SSSR count). The summed E-state index contributed by atoms with van der Waals surface area (Å²) in [7, 11) is 1.56. The summed E-state index contributed by atoms with van der Waals surface area (Å²) in [6.45, 7) is 5.34. The standard InChI is InChI=1S/C24H24N4O4.C14H17N3O3/c1-14-11-15(24(30)28-6-9-31-10-7-28)12-17-21(14)26-13-18(23(25)29)22(17)27-19-3-2-4-20-16(19)5-8-32-20;1-20-5-4-14(13(16)19)3-2-11-9(7-14)6-10(8-17-11)12(15)18/h2-4,11-13H,5-10H2,1H3,(H2,25,29)(H,26,27);2-3,6-7H,4-5,8H2,1H3,(H2,15,18)(H2,16,19). The number of carbonyl (C=O) groups excluding carboxylic acids is 4. The molecule has 52 heavy (non-hydrogen) atoms. The number of aromatic nitrogens is 1. The fourth-order valence-corrected chi connectivity index (χ4v) is 6.59. The molecule has 4 aliphatic rings. The molecule has 14 nitrogen and oxygen atoms in total. The van der Waals surface area contributed by atoms with E-state index in [-0.39, 0.29) is 18.0 Å². The van der Waals surface area contributed by atoms with Gasteiger partial charge in [0.1, 0.15) is 5.75 Å². The largest absolute Gasteiger partial charge is 0.493 e. The number of nitrogens with two attached hydrogens (primary N) is 3. The van der Waals surface area contributed by atoms with Crippen molar-refractivity contribution in [2.45, 2.75) is 19.8 Å². The number of nitrogens with one attached hydrogen (secondary N) is 1. The fourth-order valence-electron chi connectivity index (χ4n) is 6.59. The number of morpholine rings is 1. The highest BCUT2D eigenvalue weighted by molar-refractivity contribution is 6.15. The lowest BCUT2D eigenvalue weighted by Gasteiger charge is -2.28. The van der Waals surface area contributed by atoms with E-state index in [0.29, 0.717) is 79.2 Å². The minimum Gasteiger partial charge on any atom is -0.493 e. The zero-order valence-corrected chi connectivity index (χ0v) is 29.1. The highest BCUT2D eigenvalue weighted by Gasteiger charge is 2.35. The number of fused-ring (bicyclic) bond motifs is 3. The molecule has 0 saturated carbocycles. The van der Waals surface area contributed by atoms with E-state index in [1.54, 1.807) is 42.4 Å². The van der Waals surface area contributed by atoms with E-state index in [4.69, 9.17) is 31.4 Å². The molecule has 7 N–H and O–H groups in total. The number of allylic oxidation sites excluding steroid dienone is 3. The normalized spacial score (nSPS) is 18.8. The van der Waals surface area contributed by atoms with Crippen LogP contribution in [0.1, 0.15) is 38.3 Å². The Morgan fingerprint density at radius 1 is 1.06 bits per heavy atom. The Bertz CT molecular complexity index is 2080. The Morgan fingerprint density at radius 2 is 1.85 bits per heavy atom. The van der Waals surface area contributed by atoms with Gasteiger partial charge in [-0.05, 0) is 60.9 Å². The average Bonchev–Trinajstić information content (AvgIpc) is 3.64. The molecular weight excluding hydrogens is 666 g/mol. The van der Waals surface area contributed by atoms with Gasteiger partial charge in [0.15, 0.2) is 0 Å². The van der Waals surface area contributed by atoms with Crippen LogP contribution >= 0.6 is 0 Å². The third-order valence-corrected chi connectivity index (χ3v) is 9.47. The van der Waals surface area contributed by atoms with E-state index >= 15 is 0 Å². The highest BCUT2D eigenvalue weighted by Crippen LogP contribution is 2.37. The quantitative estimate of drug-likeness (QED) is 0.257. The summed E-state index contributed by atoms with van der Waals surface area (Å²) in [5, 5.41) is 4.08. The minimum atomic E-state index is -0.916. The second-order valence-electron chi connectivity index (χ2n) is 12.8. The van der Waals surface area contributed by atoms with Crippen molar-refractivity contribution in [2.24, 2.45) is 27.6 Å². The van der Waals surface area contributed by atoms with Crippen LogP contribution in [0.4, 0.5) is 11.4 Å². The van der Waals surface area contributed by atoms with Gasteiger partial charge in [0, 0.05) is 67.2 Å². The minimum absolute atomic E-state index is 0.0669. The molecule has 4 amide bonds. The van der Waals surface area contributed by atoms with Gasteiger partial charge in [-0.15, -0.1) is 0 Å². The van der Waals surface area contributed by atoms with Gasteiger partial charge in [-0.3, -0.25) is 29.2 Å². The zero-order chi connectivity index (χ0) is 37.0. The van der Waals surface area contributed by atoms with Gasteiger partial charge in [0.05, 0.1) is 54.3 Å². The number of methoxy groups -OCH3 is 1. The van der Waals surface area contributed by atoms with E-state index in [2.05, 4.69) is 15.3 Å². The van der Waals surface area contributed by atoms with Crippen molar-refractivity contribution in [1.82, 2.24) is 9.88 Å². The first-order chi connectivity index (χ1) is 25.0. The van der Waals surface area contributed by atoms with Gasteiger partial charge < -0.3 is 41.6 Å². The molecule has 3 aromatic rings. The van der Waals surface area contributed by atoms with E-state index in [1.165, 1.54) is 6.20 Å². The monoisotopic (exact) mass is 707 g/mol. The number of primary amides is 3. The van der Waals surface area contributed by atoms with Gasteiger partial charge in [-0.25, -0.2) is 0 Å². The summed E-state index contributed by atoms with van der Waals surface area (Å²) < 4.78 is 16.1. The van der Waals surface area contributed by atoms with Gasteiger partial charge in [-0.2, -0.15) is 0 Å². The first-order valence-corrected chi connectivity index (χ1v) is 16.9. The van der Waals surface area contributed by atoms with E-state index < -0.39 is 23.1 Å². The SMILES string of the molecule is COCCC1(C(N)=O)C=CC2=NCC(C(N)=O)=CC2=C1.Cc1cc(C(=O)N2CCOCC2)cc2c(Nc3cccc4c3CCO4)c(C(N)=O)cnc12. The molecule has 1 unspecified atom stereocenters. The third-order valence-electron chi connectivity index (χ3n) is 9.47. The molecule has 0 bridgehead atoms. The van der Waals surface area contributed by atoms with Crippen LogP contribution in [0.5, 0.6) is 5.75 Å². The second kappa shape index (κ2) is 15.2. The summed E-state index contributed by atoms with van der Waals surface area (Å²) in [6, 6.07) is 9.41. The molecule has 14 heteroatoms. The Labute approximate surface area is 300 Å². The lowest BCUT2D eigenvalue weighted by molar-refractivity contribution is -0.124. The summed E-state index contributed by atoms with van der Waals surface area (Å²) in [5.41, 5.74) is 22.2. The number of hydrogen-bond donors (Lipinski definition) is 4. The molecule has 1 fully saturated rings. The van der Waals surface area contributed by atoms with Crippen LogP contribution in [0.15, 0.2) is 77.0 Å². The maximum absolute atomic E-state index is 13.2. The van der Waals surface area contributed by atoms with Crippen molar-refractivity contribution in [1.29, 1.82) is 0 Å². The number of dihydropyridines is 1. The predicted molar refractivity (Wildman–Crippen MR) is 196 cm³/mol. The average molecular weight is 708 g/mol. The van der Waals surface area contributed by atoms with Gasteiger partial charge >= 0.3 is 0 Å². The molecule has 270 valence electrons. The van der Waals surface area contributed by atoms with E-state index in [9.17, 15) is 19.2 Å². The van der Waals surface area contributed by atoms with Crippen molar-refractivity contribution >= 4 is 51.6 Å². The number of pyridine rings is 1. The maximum Gasteiger partial charge on any atom is 0.254 e. The number of ether oxygens (including phenoxy) is 3. The van der Waals surface area contributed by atoms with Gasteiger partial charge in [0.2, 0.25) is 11.8 Å². The van der Waals surface area contributed by atoms with Crippen LogP contribution in [0.25, 0.3) is 10.9 Å². The van der Waals surface area contributed by atoms with Crippen LogP contribution in [0.2, 0.25) is 0 Å². The predicted octanol–water partition coefficient (Wildman–Crippen LogP) is 2.65. The summed E-state index contributed by atoms with van der Waals surface area (Å²) >= 11 is 0. The summed E-state index contributed by atoms with van der Waals surface area (Å²) in [5.74, 6) is -0.800. The lowest BCUT2D eigenvalue weighted by atomic mass is 9.77. The molecular formula is C38H41N7O7. The number of aryl methyl sites for hydroxylation is 1. The third kappa shape index (κ3) is 7.29. The van der Waals surface area contributed by atoms with Crippen LogP contribution in [0, 0.1) is 12.3 Å². The number of amides is 4. The molecule has 2 aromatic carbocycles. The molecule has 1 atom stereocenters. The summed E-state index contributed by atoms with van der Waals surface area (Å²) in [4.78, 5) is 59.0. The first-order valence-electron chi connectivity index (χ1n) is 16.9.